The van der Waals surface area contributed by atoms with Crippen LogP contribution in [0.25, 0.3) is 0 Å². The van der Waals surface area contributed by atoms with Crippen LogP contribution in [0.5, 0.6) is 0 Å². The van der Waals surface area contributed by atoms with E-state index in [4.69, 9.17) is 4.74 Å². The molecule has 0 saturated carbocycles. The fourth-order valence-corrected chi connectivity index (χ4v) is 2.94. The van der Waals surface area contributed by atoms with Crippen LogP contribution in [-0.2, 0) is 9.53 Å². The predicted octanol–water partition coefficient (Wildman–Crippen LogP) is 1.01. The number of morpholine rings is 1. The van der Waals surface area contributed by atoms with Crippen LogP contribution >= 0.6 is 0 Å². The fourth-order valence-electron chi connectivity index (χ4n) is 2.94. The van der Waals surface area contributed by atoms with Crippen molar-refractivity contribution in [3.05, 3.63) is 0 Å². The molecule has 4 nitrogen and oxygen atoms in total. The van der Waals surface area contributed by atoms with E-state index >= 15 is 0 Å². The van der Waals surface area contributed by atoms with Crippen molar-refractivity contribution in [2.75, 3.05) is 32.8 Å². The molecule has 0 aromatic carbocycles. The first-order valence-corrected chi connectivity index (χ1v) is 6.79. The van der Waals surface area contributed by atoms with Crippen molar-refractivity contribution in [3.8, 4) is 0 Å². The molecule has 1 amide bonds. The smallest absolute Gasteiger partial charge is 0.230 e. The van der Waals surface area contributed by atoms with Crippen molar-refractivity contribution in [1.29, 1.82) is 0 Å². The maximum absolute atomic E-state index is 12.7. The highest BCUT2D eigenvalue weighted by Gasteiger charge is 2.42. The van der Waals surface area contributed by atoms with Gasteiger partial charge in [0.25, 0.3) is 0 Å². The minimum Gasteiger partial charge on any atom is -0.377 e. The van der Waals surface area contributed by atoms with E-state index in [2.05, 4.69) is 19.2 Å². The van der Waals surface area contributed by atoms with Gasteiger partial charge in [-0.3, -0.25) is 4.79 Å². The molecular formula is C13H24N2O2. The van der Waals surface area contributed by atoms with Gasteiger partial charge in [-0.2, -0.15) is 0 Å². The minimum atomic E-state index is -0.163. The second-order valence-corrected chi connectivity index (χ2v) is 5.34. The number of ether oxygens (including phenoxy) is 1. The summed E-state index contributed by atoms with van der Waals surface area (Å²) in [7, 11) is 0. The Morgan fingerprint density at radius 3 is 3.00 bits per heavy atom. The first-order chi connectivity index (χ1) is 8.19. The first-order valence-electron chi connectivity index (χ1n) is 6.79. The zero-order valence-corrected chi connectivity index (χ0v) is 11.0. The third kappa shape index (κ3) is 2.47. The maximum atomic E-state index is 12.7. The second kappa shape index (κ2) is 5.36. The largest absolute Gasteiger partial charge is 0.377 e. The van der Waals surface area contributed by atoms with E-state index in [0.717, 1.165) is 38.9 Å². The van der Waals surface area contributed by atoms with E-state index in [1.165, 1.54) is 0 Å². The molecule has 2 heterocycles. The first kappa shape index (κ1) is 12.8. The Labute approximate surface area is 104 Å². The standard InChI is InChI=1S/C13H24N2O2/c1-3-13(5-4-6-14-10-13)12(16)15-7-8-17-9-11(15)2/h11,14H,3-10H2,1-2H3/t11-,13?/m1/s1. The highest BCUT2D eigenvalue weighted by Crippen LogP contribution is 2.33. The SMILES string of the molecule is CCC1(C(=O)N2CCOC[C@H]2C)CCCNC1. The molecule has 0 aromatic rings. The highest BCUT2D eigenvalue weighted by atomic mass is 16.5. The van der Waals surface area contributed by atoms with Crippen LogP contribution in [0.4, 0.5) is 0 Å². The van der Waals surface area contributed by atoms with Gasteiger partial charge in [-0.25, -0.2) is 0 Å². The number of hydrogen-bond donors (Lipinski definition) is 1. The molecule has 1 N–H and O–H groups in total. The van der Waals surface area contributed by atoms with Gasteiger partial charge in [0.15, 0.2) is 0 Å². The van der Waals surface area contributed by atoms with Crippen molar-refractivity contribution >= 4 is 5.91 Å². The van der Waals surface area contributed by atoms with E-state index in [0.29, 0.717) is 19.1 Å². The Morgan fingerprint density at radius 1 is 1.59 bits per heavy atom. The Bertz CT molecular complexity index is 275. The normalized spacial score (nSPS) is 34.7. The molecule has 1 unspecified atom stereocenters. The lowest BCUT2D eigenvalue weighted by Crippen LogP contribution is -2.56. The number of nitrogens with zero attached hydrogens (tertiary/aromatic N) is 1. The zero-order chi connectivity index (χ0) is 12.3. The summed E-state index contributed by atoms with van der Waals surface area (Å²) in [5.74, 6) is 0.336. The third-order valence-electron chi connectivity index (χ3n) is 4.23. The molecule has 2 atom stereocenters. The number of carbonyl (C=O) groups excluding carboxylic acids is 1. The summed E-state index contributed by atoms with van der Waals surface area (Å²) < 4.78 is 5.41. The van der Waals surface area contributed by atoms with Gasteiger partial charge < -0.3 is 15.0 Å². The molecule has 2 fully saturated rings. The summed E-state index contributed by atoms with van der Waals surface area (Å²) in [5.41, 5.74) is -0.163. The lowest BCUT2D eigenvalue weighted by atomic mass is 9.76. The van der Waals surface area contributed by atoms with E-state index < -0.39 is 0 Å². The van der Waals surface area contributed by atoms with Crippen LogP contribution in [0.3, 0.4) is 0 Å². The molecule has 0 aromatic heterocycles. The average Bonchev–Trinajstić information content (AvgIpc) is 2.39. The fraction of sp³-hybridized carbons (Fsp3) is 0.923. The highest BCUT2D eigenvalue weighted by molar-refractivity contribution is 5.83. The summed E-state index contributed by atoms with van der Waals surface area (Å²) >= 11 is 0. The van der Waals surface area contributed by atoms with Crippen molar-refractivity contribution in [1.82, 2.24) is 10.2 Å². The summed E-state index contributed by atoms with van der Waals surface area (Å²) in [4.78, 5) is 14.8. The number of rotatable bonds is 2. The summed E-state index contributed by atoms with van der Waals surface area (Å²) in [6.45, 7) is 8.22. The van der Waals surface area contributed by atoms with E-state index in [-0.39, 0.29) is 11.5 Å². The van der Waals surface area contributed by atoms with Crippen LogP contribution in [-0.4, -0.2) is 49.7 Å². The molecular weight excluding hydrogens is 216 g/mol. The molecule has 17 heavy (non-hydrogen) atoms. The van der Waals surface area contributed by atoms with Gasteiger partial charge in [-0.15, -0.1) is 0 Å². The molecule has 0 spiro atoms. The van der Waals surface area contributed by atoms with Gasteiger partial charge >= 0.3 is 0 Å². The number of carbonyl (C=O) groups is 1. The van der Waals surface area contributed by atoms with E-state index in [1.54, 1.807) is 0 Å². The monoisotopic (exact) mass is 240 g/mol. The molecule has 2 rings (SSSR count). The average molecular weight is 240 g/mol. The lowest BCUT2D eigenvalue weighted by molar-refractivity contribution is -0.151. The Balaban J connectivity index is 2.10. The molecule has 2 aliphatic heterocycles. The van der Waals surface area contributed by atoms with E-state index in [9.17, 15) is 4.79 Å². The predicted molar refractivity (Wildman–Crippen MR) is 66.8 cm³/mol. The van der Waals surface area contributed by atoms with Crippen LogP contribution in [0, 0.1) is 5.41 Å². The lowest BCUT2D eigenvalue weighted by Gasteiger charge is -2.43. The van der Waals surface area contributed by atoms with Gasteiger partial charge in [0.05, 0.1) is 24.7 Å². The van der Waals surface area contributed by atoms with Gasteiger partial charge in [0, 0.05) is 13.1 Å². The van der Waals surface area contributed by atoms with Crippen LogP contribution in [0.2, 0.25) is 0 Å². The second-order valence-electron chi connectivity index (χ2n) is 5.34. The topological polar surface area (TPSA) is 41.6 Å². The quantitative estimate of drug-likeness (QED) is 0.783. The molecule has 4 heteroatoms. The molecule has 0 bridgehead atoms. The van der Waals surface area contributed by atoms with Gasteiger partial charge in [0.2, 0.25) is 5.91 Å². The number of amides is 1. The van der Waals surface area contributed by atoms with Gasteiger partial charge in [-0.1, -0.05) is 6.92 Å². The van der Waals surface area contributed by atoms with Crippen LogP contribution in [0.15, 0.2) is 0 Å². The van der Waals surface area contributed by atoms with Gasteiger partial charge in [0.1, 0.15) is 0 Å². The summed E-state index contributed by atoms with van der Waals surface area (Å²) in [6.07, 6.45) is 3.07. The molecule has 2 saturated heterocycles. The van der Waals surface area contributed by atoms with Crippen molar-refractivity contribution < 1.29 is 9.53 Å². The minimum absolute atomic E-state index is 0.163. The zero-order valence-electron chi connectivity index (χ0n) is 11.0. The maximum Gasteiger partial charge on any atom is 0.230 e. The summed E-state index contributed by atoms with van der Waals surface area (Å²) in [5, 5.41) is 3.38. The molecule has 98 valence electrons. The number of piperidine rings is 1. The van der Waals surface area contributed by atoms with Crippen LogP contribution < -0.4 is 5.32 Å². The Hall–Kier alpha value is -0.610. The Kier molecular flexibility index (Phi) is 4.05. The molecule has 0 radical (unpaired) electrons. The molecule has 0 aliphatic carbocycles. The number of nitrogens with one attached hydrogen (secondary N) is 1. The van der Waals surface area contributed by atoms with Crippen molar-refractivity contribution in [3.63, 3.8) is 0 Å². The van der Waals surface area contributed by atoms with Crippen LogP contribution in [0.1, 0.15) is 33.1 Å². The Morgan fingerprint density at radius 2 is 2.41 bits per heavy atom. The van der Waals surface area contributed by atoms with Crippen molar-refractivity contribution in [2.24, 2.45) is 5.41 Å². The molecule has 2 aliphatic rings. The summed E-state index contributed by atoms with van der Waals surface area (Å²) in [6, 6.07) is 0.224. The van der Waals surface area contributed by atoms with E-state index in [1.807, 2.05) is 4.90 Å². The van der Waals surface area contributed by atoms with Gasteiger partial charge in [-0.05, 0) is 32.7 Å². The number of hydrogen-bond acceptors (Lipinski definition) is 3. The van der Waals surface area contributed by atoms with Crippen molar-refractivity contribution in [2.45, 2.75) is 39.2 Å². The third-order valence-corrected chi connectivity index (χ3v) is 4.23.